The van der Waals surface area contributed by atoms with Crippen molar-refractivity contribution in [3.05, 3.63) is 29.8 Å². The van der Waals surface area contributed by atoms with Crippen LogP contribution in [0.1, 0.15) is 36.0 Å². The second-order valence-electron chi connectivity index (χ2n) is 5.24. The molecule has 116 valence electrons. The molecule has 1 aliphatic carbocycles. The van der Waals surface area contributed by atoms with Crippen LogP contribution < -0.4 is 0 Å². The van der Waals surface area contributed by atoms with Crippen molar-refractivity contribution < 1.29 is 23.4 Å². The fourth-order valence-electron chi connectivity index (χ4n) is 2.72. The molecule has 7 heteroatoms. The Morgan fingerprint density at radius 1 is 1.24 bits per heavy atom. The smallest absolute Gasteiger partial charge is 0.337 e. The molecule has 1 saturated carbocycles. The molecule has 21 heavy (non-hydrogen) atoms. The largest absolute Gasteiger partial charge is 0.478 e. The SMILES string of the molecule is CN(C1CCCCC1O)S(=O)(=O)c1ccccc1C(=O)O. The number of aromatic carboxylic acids is 1. The highest BCUT2D eigenvalue weighted by Gasteiger charge is 2.35. The van der Waals surface area contributed by atoms with Crippen molar-refractivity contribution in [1.29, 1.82) is 0 Å². The molecule has 0 spiro atoms. The van der Waals surface area contributed by atoms with Crippen molar-refractivity contribution in [1.82, 2.24) is 4.31 Å². The Bertz CT molecular complexity index is 628. The summed E-state index contributed by atoms with van der Waals surface area (Å²) in [5.41, 5.74) is -0.255. The van der Waals surface area contributed by atoms with Crippen LogP contribution in [0.2, 0.25) is 0 Å². The molecule has 0 aliphatic heterocycles. The Kier molecular flexibility index (Phi) is 4.65. The predicted molar refractivity (Wildman–Crippen MR) is 76.6 cm³/mol. The summed E-state index contributed by atoms with van der Waals surface area (Å²) in [5, 5.41) is 19.1. The van der Waals surface area contributed by atoms with Gasteiger partial charge in [0.2, 0.25) is 10.0 Å². The lowest BCUT2D eigenvalue weighted by Crippen LogP contribution is -2.46. The van der Waals surface area contributed by atoms with E-state index in [1.54, 1.807) is 0 Å². The molecular weight excluding hydrogens is 294 g/mol. The first-order chi connectivity index (χ1) is 9.85. The average Bonchev–Trinajstić information content (AvgIpc) is 2.47. The van der Waals surface area contributed by atoms with Crippen molar-refractivity contribution in [3.8, 4) is 0 Å². The lowest BCUT2D eigenvalue weighted by molar-refractivity contribution is 0.0636. The van der Waals surface area contributed by atoms with E-state index in [1.165, 1.54) is 31.3 Å². The van der Waals surface area contributed by atoms with Crippen LogP contribution >= 0.6 is 0 Å². The minimum absolute atomic E-state index is 0.238. The highest BCUT2D eigenvalue weighted by molar-refractivity contribution is 7.89. The number of rotatable bonds is 4. The number of nitrogens with zero attached hydrogens (tertiary/aromatic N) is 1. The van der Waals surface area contributed by atoms with Gasteiger partial charge in [-0.1, -0.05) is 25.0 Å². The molecule has 6 nitrogen and oxygen atoms in total. The molecule has 0 bridgehead atoms. The van der Waals surface area contributed by atoms with Crippen molar-refractivity contribution in [2.75, 3.05) is 7.05 Å². The summed E-state index contributed by atoms with van der Waals surface area (Å²) in [6.45, 7) is 0. The number of carboxylic acid groups (broad SMARTS) is 1. The summed E-state index contributed by atoms with van der Waals surface area (Å²) in [5.74, 6) is -1.29. The zero-order valence-electron chi connectivity index (χ0n) is 11.8. The van der Waals surface area contributed by atoms with Crippen molar-refractivity contribution in [3.63, 3.8) is 0 Å². The van der Waals surface area contributed by atoms with Crippen LogP contribution in [0.5, 0.6) is 0 Å². The molecule has 1 aromatic rings. The third kappa shape index (κ3) is 3.09. The topological polar surface area (TPSA) is 94.9 Å². The summed E-state index contributed by atoms with van der Waals surface area (Å²) in [6.07, 6.45) is 2.15. The molecule has 0 aromatic heterocycles. The fourth-order valence-corrected chi connectivity index (χ4v) is 4.31. The Labute approximate surface area is 124 Å². The first-order valence-electron chi connectivity index (χ1n) is 6.84. The number of hydrogen-bond donors (Lipinski definition) is 2. The molecule has 2 N–H and O–H groups in total. The molecule has 0 saturated heterocycles. The van der Waals surface area contributed by atoms with Crippen LogP contribution in [0, 0.1) is 0 Å². The number of carbonyl (C=O) groups is 1. The Hall–Kier alpha value is -1.44. The molecule has 0 amide bonds. The molecule has 0 heterocycles. The minimum Gasteiger partial charge on any atom is -0.478 e. The third-order valence-corrected chi connectivity index (χ3v) is 5.88. The third-order valence-electron chi connectivity index (χ3n) is 3.94. The lowest BCUT2D eigenvalue weighted by atomic mass is 9.93. The van der Waals surface area contributed by atoms with Crippen LogP contribution in [0.4, 0.5) is 0 Å². The van der Waals surface area contributed by atoms with E-state index in [1.807, 2.05) is 0 Å². The van der Waals surface area contributed by atoms with Crippen LogP contribution in [0.15, 0.2) is 29.2 Å². The van der Waals surface area contributed by atoms with E-state index < -0.39 is 28.1 Å². The lowest BCUT2D eigenvalue weighted by Gasteiger charge is -2.34. The standard InChI is InChI=1S/C14H19NO5S/c1-15(11-7-3-4-8-12(11)16)21(19,20)13-9-5-2-6-10(13)14(17)18/h2,5-6,9,11-12,16H,3-4,7-8H2,1H3,(H,17,18). The summed E-state index contributed by atoms with van der Waals surface area (Å²) in [4.78, 5) is 11.0. The number of aliphatic hydroxyl groups is 1. The quantitative estimate of drug-likeness (QED) is 0.874. The number of likely N-dealkylation sites (N-methyl/N-ethyl adjacent to an activating group) is 1. The number of hydrogen-bond acceptors (Lipinski definition) is 4. The van der Waals surface area contributed by atoms with Gasteiger partial charge in [-0.3, -0.25) is 0 Å². The Morgan fingerprint density at radius 3 is 2.48 bits per heavy atom. The highest BCUT2D eigenvalue weighted by atomic mass is 32.2. The molecule has 0 radical (unpaired) electrons. The molecule has 2 atom stereocenters. The van der Waals surface area contributed by atoms with Crippen LogP contribution in [0.25, 0.3) is 0 Å². The Morgan fingerprint density at radius 2 is 1.86 bits per heavy atom. The van der Waals surface area contributed by atoms with E-state index in [0.717, 1.165) is 17.1 Å². The summed E-state index contributed by atoms with van der Waals surface area (Å²) >= 11 is 0. The molecule has 2 unspecified atom stereocenters. The van der Waals surface area contributed by atoms with E-state index in [-0.39, 0.29) is 10.5 Å². The molecule has 2 rings (SSSR count). The maximum absolute atomic E-state index is 12.7. The fraction of sp³-hybridized carbons (Fsp3) is 0.500. The van der Waals surface area contributed by atoms with Gasteiger partial charge in [0.05, 0.1) is 22.6 Å². The van der Waals surface area contributed by atoms with Gasteiger partial charge >= 0.3 is 5.97 Å². The first kappa shape index (κ1) is 15.9. The summed E-state index contributed by atoms with van der Waals surface area (Å²) in [7, 11) is -2.56. The van der Waals surface area contributed by atoms with Gasteiger partial charge in [-0.2, -0.15) is 4.31 Å². The van der Waals surface area contributed by atoms with Gasteiger partial charge in [-0.05, 0) is 25.0 Å². The monoisotopic (exact) mass is 313 g/mol. The van der Waals surface area contributed by atoms with Crippen molar-refractivity contribution in [2.24, 2.45) is 0 Å². The predicted octanol–water partition coefficient (Wildman–Crippen LogP) is 1.31. The van der Waals surface area contributed by atoms with Gasteiger partial charge in [0, 0.05) is 7.05 Å². The number of aliphatic hydroxyl groups excluding tert-OH is 1. The van der Waals surface area contributed by atoms with Crippen molar-refractivity contribution in [2.45, 2.75) is 42.7 Å². The van der Waals surface area contributed by atoms with Crippen molar-refractivity contribution >= 4 is 16.0 Å². The van der Waals surface area contributed by atoms with Gasteiger partial charge in [-0.15, -0.1) is 0 Å². The highest BCUT2D eigenvalue weighted by Crippen LogP contribution is 2.28. The first-order valence-corrected chi connectivity index (χ1v) is 8.28. The van der Waals surface area contributed by atoms with Crippen LogP contribution in [0.3, 0.4) is 0 Å². The maximum atomic E-state index is 12.7. The van der Waals surface area contributed by atoms with Gasteiger partial charge in [0.1, 0.15) is 0 Å². The Balaban J connectivity index is 2.40. The van der Waals surface area contributed by atoms with Crippen LogP contribution in [-0.4, -0.2) is 48.1 Å². The molecular formula is C14H19NO5S. The zero-order chi connectivity index (χ0) is 15.6. The van der Waals surface area contributed by atoms with E-state index in [4.69, 9.17) is 5.11 Å². The zero-order valence-corrected chi connectivity index (χ0v) is 12.6. The van der Waals surface area contributed by atoms with E-state index >= 15 is 0 Å². The van der Waals surface area contributed by atoms with Crippen LogP contribution in [-0.2, 0) is 10.0 Å². The van der Waals surface area contributed by atoms with E-state index in [0.29, 0.717) is 12.8 Å². The number of carboxylic acids is 1. The van der Waals surface area contributed by atoms with E-state index in [9.17, 15) is 18.3 Å². The molecule has 1 aliphatic rings. The normalized spacial score (nSPS) is 23.2. The minimum atomic E-state index is -3.95. The number of sulfonamides is 1. The van der Waals surface area contributed by atoms with Gasteiger partial charge in [0.25, 0.3) is 0 Å². The number of benzene rings is 1. The summed E-state index contributed by atoms with van der Waals surface area (Å²) < 4.78 is 26.4. The van der Waals surface area contributed by atoms with Gasteiger partial charge in [-0.25, -0.2) is 13.2 Å². The van der Waals surface area contributed by atoms with E-state index in [2.05, 4.69) is 0 Å². The second-order valence-corrected chi connectivity index (χ2v) is 7.21. The van der Waals surface area contributed by atoms with Gasteiger partial charge in [0.15, 0.2) is 0 Å². The maximum Gasteiger partial charge on any atom is 0.337 e. The summed E-state index contributed by atoms with van der Waals surface area (Å²) in [6, 6.07) is 5.01. The molecule has 1 aromatic carbocycles. The average molecular weight is 313 g/mol. The molecule has 1 fully saturated rings. The van der Waals surface area contributed by atoms with Gasteiger partial charge < -0.3 is 10.2 Å². The second kappa shape index (κ2) is 6.13.